The molecule has 5 nitrogen and oxygen atoms in total. The number of amides is 1. The maximum absolute atomic E-state index is 12.3. The van der Waals surface area contributed by atoms with E-state index in [4.69, 9.17) is 5.73 Å². The van der Waals surface area contributed by atoms with Gasteiger partial charge in [0.1, 0.15) is 0 Å². The molecule has 1 unspecified atom stereocenters. The zero-order valence-electron chi connectivity index (χ0n) is 12.8. The number of carbonyl (C=O) groups is 1. The summed E-state index contributed by atoms with van der Waals surface area (Å²) >= 11 is 1.39. The number of hydrogen-bond donors (Lipinski definition) is 3. The molecule has 1 amide bonds. The van der Waals surface area contributed by atoms with Gasteiger partial charge < -0.3 is 16.2 Å². The topological polar surface area (TPSA) is 88.2 Å². The number of nitrogens with two attached hydrogens (primary N) is 1. The Hall–Kier alpha value is -1.92. The van der Waals surface area contributed by atoms with Gasteiger partial charge >= 0.3 is 0 Å². The van der Waals surface area contributed by atoms with Crippen LogP contribution in [0.5, 0.6) is 0 Å². The summed E-state index contributed by atoms with van der Waals surface area (Å²) in [6.07, 6.45) is 2.22. The second kappa shape index (κ2) is 7.10. The number of carbonyl (C=O) groups excluding carboxylic acids is 1. The second-order valence-corrected chi connectivity index (χ2v) is 6.91. The standard InChI is InChI=1S/C17H21N3O2S/c18-17-19-13(10-23-17)6-7-15(22)20-16(12-8-14(21)9-12)11-4-2-1-3-5-11/h1-5,10,12,14,16,21H,6-9H2,(H2,18,19)(H,20,22). The van der Waals surface area contributed by atoms with Crippen LogP contribution in [-0.2, 0) is 11.2 Å². The molecule has 1 aliphatic rings. The average Bonchev–Trinajstić information content (AvgIpc) is 2.94. The number of aromatic nitrogens is 1. The second-order valence-electron chi connectivity index (χ2n) is 6.02. The molecule has 1 aromatic heterocycles. The fraction of sp³-hybridized carbons (Fsp3) is 0.412. The summed E-state index contributed by atoms with van der Waals surface area (Å²) < 4.78 is 0. The number of nitrogen functional groups attached to an aromatic ring is 1. The summed E-state index contributed by atoms with van der Waals surface area (Å²) in [7, 11) is 0. The number of thiazole rings is 1. The van der Waals surface area contributed by atoms with Crippen molar-refractivity contribution < 1.29 is 9.90 Å². The van der Waals surface area contributed by atoms with Crippen LogP contribution in [0.2, 0.25) is 0 Å². The lowest BCUT2D eigenvalue weighted by molar-refractivity contribution is -0.123. The Balaban J connectivity index is 1.60. The Bertz CT molecular complexity index is 653. The molecule has 3 rings (SSSR count). The first-order chi connectivity index (χ1) is 11.1. The summed E-state index contributed by atoms with van der Waals surface area (Å²) in [5.41, 5.74) is 7.56. The van der Waals surface area contributed by atoms with E-state index in [-0.39, 0.29) is 18.1 Å². The van der Waals surface area contributed by atoms with Crippen LogP contribution in [0.15, 0.2) is 35.7 Å². The molecule has 6 heteroatoms. The number of aliphatic hydroxyl groups is 1. The van der Waals surface area contributed by atoms with Crippen molar-refractivity contribution in [3.8, 4) is 0 Å². The molecular formula is C17H21N3O2S. The van der Waals surface area contributed by atoms with Gasteiger partial charge in [-0.3, -0.25) is 4.79 Å². The number of rotatable bonds is 6. The van der Waals surface area contributed by atoms with Crippen LogP contribution in [0.4, 0.5) is 5.13 Å². The molecule has 4 N–H and O–H groups in total. The smallest absolute Gasteiger partial charge is 0.220 e. The summed E-state index contributed by atoms with van der Waals surface area (Å²) in [6.45, 7) is 0. The predicted octanol–water partition coefficient (Wildman–Crippen LogP) is 2.29. The normalized spacial score (nSPS) is 21.4. The van der Waals surface area contributed by atoms with Crippen LogP contribution in [0.3, 0.4) is 0 Å². The molecule has 0 aliphatic heterocycles. The monoisotopic (exact) mass is 331 g/mol. The molecule has 1 heterocycles. The molecule has 1 aliphatic carbocycles. The number of aliphatic hydroxyl groups excluding tert-OH is 1. The fourth-order valence-corrected chi connectivity index (χ4v) is 3.56. The first-order valence-electron chi connectivity index (χ1n) is 7.84. The molecule has 122 valence electrons. The molecule has 23 heavy (non-hydrogen) atoms. The third kappa shape index (κ3) is 4.09. The van der Waals surface area contributed by atoms with Crippen LogP contribution in [0.25, 0.3) is 0 Å². The zero-order chi connectivity index (χ0) is 16.2. The number of hydrogen-bond acceptors (Lipinski definition) is 5. The van der Waals surface area contributed by atoms with Crippen LogP contribution < -0.4 is 11.1 Å². The molecule has 0 bridgehead atoms. The van der Waals surface area contributed by atoms with Crippen molar-refractivity contribution in [2.75, 3.05) is 5.73 Å². The maximum atomic E-state index is 12.3. The van der Waals surface area contributed by atoms with Crippen LogP contribution in [0, 0.1) is 5.92 Å². The van der Waals surface area contributed by atoms with Gasteiger partial charge in [-0.25, -0.2) is 4.98 Å². The number of anilines is 1. The molecule has 2 aromatic rings. The molecular weight excluding hydrogens is 310 g/mol. The minimum Gasteiger partial charge on any atom is -0.393 e. The molecule has 0 spiro atoms. The Morgan fingerprint density at radius 2 is 2.13 bits per heavy atom. The summed E-state index contributed by atoms with van der Waals surface area (Å²) in [5.74, 6) is 0.304. The van der Waals surface area contributed by atoms with Gasteiger partial charge in [-0.2, -0.15) is 0 Å². The Labute approximate surface area is 139 Å². The predicted molar refractivity (Wildman–Crippen MR) is 90.9 cm³/mol. The van der Waals surface area contributed by atoms with Gasteiger partial charge in [-0.15, -0.1) is 11.3 Å². The van der Waals surface area contributed by atoms with E-state index < -0.39 is 0 Å². The minimum absolute atomic E-state index is 0.00631. The van der Waals surface area contributed by atoms with Crippen molar-refractivity contribution in [1.82, 2.24) is 10.3 Å². The van der Waals surface area contributed by atoms with Crippen molar-refractivity contribution in [2.45, 2.75) is 37.8 Å². The van der Waals surface area contributed by atoms with Crippen LogP contribution in [-0.4, -0.2) is 22.1 Å². The van der Waals surface area contributed by atoms with Crippen molar-refractivity contribution in [1.29, 1.82) is 0 Å². The highest BCUT2D eigenvalue weighted by molar-refractivity contribution is 7.13. The molecule has 1 fully saturated rings. The van der Waals surface area contributed by atoms with E-state index in [0.717, 1.165) is 24.1 Å². The third-order valence-electron chi connectivity index (χ3n) is 4.27. The van der Waals surface area contributed by atoms with Gasteiger partial charge in [-0.05, 0) is 30.7 Å². The van der Waals surface area contributed by atoms with Crippen molar-refractivity contribution in [3.63, 3.8) is 0 Å². The van der Waals surface area contributed by atoms with Gasteiger partial charge in [0.2, 0.25) is 5.91 Å². The highest BCUT2D eigenvalue weighted by Gasteiger charge is 2.35. The minimum atomic E-state index is -0.235. The van der Waals surface area contributed by atoms with E-state index in [2.05, 4.69) is 10.3 Å². The zero-order valence-corrected chi connectivity index (χ0v) is 13.6. The van der Waals surface area contributed by atoms with E-state index >= 15 is 0 Å². The number of nitrogens with one attached hydrogen (secondary N) is 1. The van der Waals surface area contributed by atoms with Gasteiger partial charge in [-0.1, -0.05) is 30.3 Å². The number of nitrogens with zero attached hydrogens (tertiary/aromatic N) is 1. The first kappa shape index (κ1) is 16.0. The third-order valence-corrected chi connectivity index (χ3v) is 5.00. The maximum Gasteiger partial charge on any atom is 0.220 e. The summed E-state index contributed by atoms with van der Waals surface area (Å²) in [4.78, 5) is 16.5. The Morgan fingerprint density at radius 3 is 2.74 bits per heavy atom. The number of aryl methyl sites for hydroxylation is 1. The molecule has 0 radical (unpaired) electrons. The molecule has 1 aromatic carbocycles. The van der Waals surface area contributed by atoms with Gasteiger partial charge in [0.25, 0.3) is 0 Å². The molecule has 1 atom stereocenters. The largest absolute Gasteiger partial charge is 0.393 e. The molecule has 1 saturated carbocycles. The van der Waals surface area contributed by atoms with Crippen molar-refractivity contribution >= 4 is 22.4 Å². The van der Waals surface area contributed by atoms with E-state index in [0.29, 0.717) is 23.9 Å². The highest BCUT2D eigenvalue weighted by Crippen LogP contribution is 2.38. The SMILES string of the molecule is Nc1nc(CCC(=O)NC(c2ccccc2)C2CC(O)C2)cs1. The lowest BCUT2D eigenvalue weighted by Crippen LogP contribution is -2.41. The quantitative estimate of drug-likeness (QED) is 0.758. The fourth-order valence-electron chi connectivity index (χ4n) is 2.96. The van der Waals surface area contributed by atoms with Crippen LogP contribution >= 0.6 is 11.3 Å². The van der Waals surface area contributed by atoms with E-state index in [1.807, 2.05) is 35.7 Å². The van der Waals surface area contributed by atoms with Gasteiger partial charge in [0.15, 0.2) is 5.13 Å². The van der Waals surface area contributed by atoms with E-state index in [1.165, 1.54) is 11.3 Å². The van der Waals surface area contributed by atoms with Crippen molar-refractivity contribution in [2.24, 2.45) is 5.92 Å². The first-order valence-corrected chi connectivity index (χ1v) is 8.72. The van der Waals surface area contributed by atoms with Crippen molar-refractivity contribution in [3.05, 3.63) is 47.0 Å². The average molecular weight is 331 g/mol. The lowest BCUT2D eigenvalue weighted by Gasteiger charge is -2.38. The summed E-state index contributed by atoms with van der Waals surface area (Å²) in [6, 6.07) is 9.93. The number of benzene rings is 1. The van der Waals surface area contributed by atoms with Gasteiger partial charge in [0, 0.05) is 11.8 Å². The molecule has 0 saturated heterocycles. The van der Waals surface area contributed by atoms with E-state index in [1.54, 1.807) is 0 Å². The van der Waals surface area contributed by atoms with Crippen LogP contribution in [0.1, 0.15) is 36.6 Å². The highest BCUT2D eigenvalue weighted by atomic mass is 32.1. The Kier molecular flexibility index (Phi) is 4.93. The summed E-state index contributed by atoms with van der Waals surface area (Å²) in [5, 5.41) is 15.1. The van der Waals surface area contributed by atoms with Gasteiger partial charge in [0.05, 0.1) is 17.8 Å². The van der Waals surface area contributed by atoms with E-state index in [9.17, 15) is 9.90 Å². The lowest BCUT2D eigenvalue weighted by atomic mass is 9.75. The Morgan fingerprint density at radius 1 is 1.39 bits per heavy atom.